The van der Waals surface area contributed by atoms with Crippen LogP contribution >= 0.6 is 0 Å². The Morgan fingerprint density at radius 2 is 2.04 bits per heavy atom. The first-order chi connectivity index (χ1) is 13.7. The van der Waals surface area contributed by atoms with Crippen LogP contribution in [0.2, 0.25) is 0 Å². The number of ether oxygens (including phenoxy) is 1. The average molecular weight is 377 g/mol. The zero-order valence-electron chi connectivity index (χ0n) is 16.6. The van der Waals surface area contributed by atoms with Crippen LogP contribution in [0.4, 0.5) is 11.4 Å². The van der Waals surface area contributed by atoms with Crippen molar-refractivity contribution in [2.24, 2.45) is 5.92 Å². The SMILES string of the molecule is CCCC(=O)Nc1ccc2c(c1)C1C=CCC1C(c1ccccc1OCC)N2. The highest BCUT2D eigenvalue weighted by atomic mass is 16.5. The number of hydrogen-bond donors (Lipinski definition) is 2. The van der Waals surface area contributed by atoms with Gasteiger partial charge in [0.25, 0.3) is 0 Å². The second-order valence-electron chi connectivity index (χ2n) is 7.55. The van der Waals surface area contributed by atoms with Crippen LogP contribution in [0.25, 0.3) is 0 Å². The molecule has 2 aromatic rings. The molecule has 4 nitrogen and oxygen atoms in total. The van der Waals surface area contributed by atoms with Gasteiger partial charge >= 0.3 is 0 Å². The molecule has 0 saturated carbocycles. The van der Waals surface area contributed by atoms with Crippen molar-refractivity contribution in [3.63, 3.8) is 0 Å². The topological polar surface area (TPSA) is 50.4 Å². The molecule has 0 aromatic heterocycles. The summed E-state index contributed by atoms with van der Waals surface area (Å²) in [6.45, 7) is 4.70. The van der Waals surface area contributed by atoms with Gasteiger partial charge in [-0.05, 0) is 55.5 Å². The van der Waals surface area contributed by atoms with E-state index in [-0.39, 0.29) is 11.9 Å². The highest BCUT2D eigenvalue weighted by molar-refractivity contribution is 5.91. The quantitative estimate of drug-likeness (QED) is 0.641. The fourth-order valence-electron chi connectivity index (χ4n) is 4.45. The number of amides is 1. The third-order valence-electron chi connectivity index (χ3n) is 5.68. The van der Waals surface area contributed by atoms with E-state index in [9.17, 15) is 4.79 Å². The number of anilines is 2. The summed E-state index contributed by atoms with van der Waals surface area (Å²) in [5.74, 6) is 1.82. The predicted octanol–water partition coefficient (Wildman–Crippen LogP) is 5.65. The van der Waals surface area contributed by atoms with Crippen LogP contribution in [-0.2, 0) is 4.79 Å². The van der Waals surface area contributed by atoms with Crippen molar-refractivity contribution >= 4 is 17.3 Å². The maximum Gasteiger partial charge on any atom is 0.224 e. The Bertz CT molecular complexity index is 890. The molecule has 1 aliphatic carbocycles. The summed E-state index contributed by atoms with van der Waals surface area (Å²) in [5.41, 5.74) is 4.50. The third-order valence-corrected chi connectivity index (χ3v) is 5.68. The van der Waals surface area contributed by atoms with Crippen LogP contribution in [0.1, 0.15) is 56.2 Å². The molecule has 2 N–H and O–H groups in total. The number of carbonyl (C=O) groups excluding carboxylic acids is 1. The van der Waals surface area contributed by atoms with E-state index in [0.717, 1.165) is 30.0 Å². The molecule has 3 atom stereocenters. The van der Waals surface area contributed by atoms with Crippen molar-refractivity contribution in [3.8, 4) is 5.75 Å². The van der Waals surface area contributed by atoms with Crippen molar-refractivity contribution in [2.75, 3.05) is 17.2 Å². The number of hydrogen-bond acceptors (Lipinski definition) is 3. The molecule has 0 bridgehead atoms. The molecule has 0 spiro atoms. The number of rotatable bonds is 6. The normalized spacial score (nSPS) is 22.1. The van der Waals surface area contributed by atoms with Crippen LogP contribution in [-0.4, -0.2) is 12.5 Å². The molecule has 3 unspecified atom stereocenters. The molecule has 146 valence electrons. The summed E-state index contributed by atoms with van der Waals surface area (Å²) in [5, 5.41) is 6.79. The first-order valence-electron chi connectivity index (χ1n) is 10.3. The van der Waals surface area contributed by atoms with E-state index >= 15 is 0 Å². The highest BCUT2D eigenvalue weighted by Crippen LogP contribution is 2.51. The maximum absolute atomic E-state index is 12.0. The third kappa shape index (κ3) is 3.51. The minimum absolute atomic E-state index is 0.0771. The molecule has 4 heteroatoms. The average Bonchev–Trinajstić information content (AvgIpc) is 3.19. The van der Waals surface area contributed by atoms with Crippen molar-refractivity contribution in [1.29, 1.82) is 0 Å². The van der Waals surface area contributed by atoms with Crippen molar-refractivity contribution in [2.45, 2.75) is 45.1 Å². The standard InChI is InChI=1S/C24H28N2O2/c1-3-8-23(27)25-16-13-14-21-20(15-16)17-10-7-11-18(17)24(26-21)19-9-5-6-12-22(19)28-4-2/h5-7,9-10,12-15,17-18,24,26H,3-4,8,11H2,1-2H3,(H,25,27). The largest absolute Gasteiger partial charge is 0.494 e. The number of benzene rings is 2. The number of nitrogens with one attached hydrogen (secondary N) is 2. The second-order valence-corrected chi connectivity index (χ2v) is 7.55. The summed E-state index contributed by atoms with van der Waals surface area (Å²) in [4.78, 5) is 12.0. The van der Waals surface area contributed by atoms with Crippen LogP contribution in [0.15, 0.2) is 54.6 Å². The monoisotopic (exact) mass is 376 g/mol. The van der Waals surface area contributed by atoms with Crippen LogP contribution in [0, 0.1) is 5.92 Å². The van der Waals surface area contributed by atoms with Gasteiger partial charge in [-0.1, -0.05) is 37.3 Å². The molecule has 1 aliphatic heterocycles. The number of carbonyl (C=O) groups is 1. The molecule has 2 aromatic carbocycles. The van der Waals surface area contributed by atoms with Crippen LogP contribution in [0.5, 0.6) is 5.75 Å². The predicted molar refractivity (Wildman–Crippen MR) is 114 cm³/mol. The van der Waals surface area contributed by atoms with E-state index in [1.54, 1.807) is 0 Å². The smallest absolute Gasteiger partial charge is 0.224 e. The molecule has 0 radical (unpaired) electrons. The molecular formula is C24H28N2O2. The second kappa shape index (κ2) is 8.09. The first-order valence-corrected chi connectivity index (χ1v) is 10.3. The lowest BCUT2D eigenvalue weighted by molar-refractivity contribution is -0.116. The Hall–Kier alpha value is -2.75. The van der Waals surface area contributed by atoms with E-state index in [1.807, 2.05) is 26.0 Å². The van der Waals surface area contributed by atoms with Gasteiger partial charge in [0.1, 0.15) is 5.75 Å². The van der Waals surface area contributed by atoms with E-state index in [1.165, 1.54) is 11.1 Å². The van der Waals surface area contributed by atoms with Gasteiger partial charge in [-0.15, -0.1) is 0 Å². The van der Waals surface area contributed by atoms with E-state index in [2.05, 4.69) is 53.1 Å². The fourth-order valence-corrected chi connectivity index (χ4v) is 4.45. The lowest BCUT2D eigenvalue weighted by Crippen LogP contribution is -2.29. The maximum atomic E-state index is 12.0. The Morgan fingerprint density at radius 1 is 1.18 bits per heavy atom. The van der Waals surface area contributed by atoms with Crippen molar-refractivity contribution in [3.05, 3.63) is 65.7 Å². The van der Waals surface area contributed by atoms with E-state index < -0.39 is 0 Å². The summed E-state index contributed by atoms with van der Waals surface area (Å²) in [6.07, 6.45) is 7.04. The number of allylic oxidation sites excluding steroid dienone is 2. The summed E-state index contributed by atoms with van der Waals surface area (Å²) < 4.78 is 5.90. The molecule has 0 saturated heterocycles. The van der Waals surface area contributed by atoms with Gasteiger partial charge in [-0.3, -0.25) is 4.79 Å². The molecule has 1 heterocycles. The minimum atomic E-state index is 0.0771. The van der Waals surface area contributed by atoms with Gasteiger partial charge in [0.2, 0.25) is 5.91 Å². The Kier molecular flexibility index (Phi) is 5.38. The molecule has 0 fully saturated rings. The molecule has 28 heavy (non-hydrogen) atoms. The summed E-state index contributed by atoms with van der Waals surface area (Å²) in [7, 11) is 0. The molecule has 4 rings (SSSR count). The van der Waals surface area contributed by atoms with Gasteiger partial charge in [-0.2, -0.15) is 0 Å². The lowest BCUT2D eigenvalue weighted by Gasteiger charge is -2.38. The summed E-state index contributed by atoms with van der Waals surface area (Å²) in [6, 6.07) is 14.8. The van der Waals surface area contributed by atoms with Crippen molar-refractivity contribution < 1.29 is 9.53 Å². The molecular weight excluding hydrogens is 348 g/mol. The fraction of sp³-hybridized carbons (Fsp3) is 0.375. The van der Waals surface area contributed by atoms with Crippen LogP contribution in [0.3, 0.4) is 0 Å². The lowest BCUT2D eigenvalue weighted by atomic mass is 9.76. The Balaban J connectivity index is 1.66. The summed E-state index contributed by atoms with van der Waals surface area (Å²) >= 11 is 0. The molecule has 1 amide bonds. The Labute approximate surface area is 167 Å². The number of para-hydroxylation sites is 1. The highest BCUT2D eigenvalue weighted by Gasteiger charge is 2.39. The van der Waals surface area contributed by atoms with Gasteiger partial charge in [0, 0.05) is 29.3 Å². The zero-order valence-corrected chi connectivity index (χ0v) is 16.6. The van der Waals surface area contributed by atoms with E-state index in [4.69, 9.17) is 4.74 Å². The van der Waals surface area contributed by atoms with Gasteiger partial charge in [0.05, 0.1) is 12.6 Å². The van der Waals surface area contributed by atoms with Gasteiger partial charge in [-0.25, -0.2) is 0 Å². The first kappa shape index (κ1) is 18.6. The Morgan fingerprint density at radius 3 is 2.86 bits per heavy atom. The van der Waals surface area contributed by atoms with Crippen LogP contribution < -0.4 is 15.4 Å². The molecule has 2 aliphatic rings. The van der Waals surface area contributed by atoms with Gasteiger partial charge < -0.3 is 15.4 Å². The zero-order chi connectivity index (χ0) is 19.5. The van der Waals surface area contributed by atoms with E-state index in [0.29, 0.717) is 24.9 Å². The minimum Gasteiger partial charge on any atom is -0.494 e. The van der Waals surface area contributed by atoms with Gasteiger partial charge in [0.15, 0.2) is 0 Å². The van der Waals surface area contributed by atoms with Crippen molar-refractivity contribution in [1.82, 2.24) is 0 Å². The number of fused-ring (bicyclic) bond motifs is 3.